The summed E-state index contributed by atoms with van der Waals surface area (Å²) >= 11 is 3.49. The molecule has 0 aliphatic carbocycles. The number of aryl methyl sites for hydroxylation is 1. The zero-order valence-corrected chi connectivity index (χ0v) is 15.1. The van der Waals surface area contributed by atoms with Gasteiger partial charge in [-0.3, -0.25) is 4.79 Å². The number of aliphatic hydroxyl groups excluding tert-OH is 1. The highest BCUT2D eigenvalue weighted by molar-refractivity contribution is 9.10. The van der Waals surface area contributed by atoms with E-state index in [1.807, 2.05) is 24.3 Å². The fourth-order valence-electron chi connectivity index (χ4n) is 3.08. The SMILES string of the molecule is Cc1cc2c(c(=O)n1CCO)[C@H](c1ccccc1Br)C(C#N)=C(N)O2. The summed E-state index contributed by atoms with van der Waals surface area (Å²) in [4.78, 5) is 13.1. The molecule has 1 aliphatic rings. The predicted molar refractivity (Wildman–Crippen MR) is 96.0 cm³/mol. The minimum absolute atomic E-state index is 0.00513. The molecule has 1 aliphatic heterocycles. The Morgan fingerprint density at radius 2 is 2.16 bits per heavy atom. The molecule has 1 aromatic heterocycles. The monoisotopic (exact) mass is 401 g/mol. The first-order valence-electron chi connectivity index (χ1n) is 7.66. The lowest BCUT2D eigenvalue weighted by Gasteiger charge is -2.27. The van der Waals surface area contributed by atoms with Crippen LogP contribution in [0, 0.1) is 18.3 Å². The van der Waals surface area contributed by atoms with Gasteiger partial charge in [0.25, 0.3) is 5.56 Å². The molecule has 25 heavy (non-hydrogen) atoms. The highest BCUT2D eigenvalue weighted by Gasteiger charge is 2.35. The van der Waals surface area contributed by atoms with E-state index in [0.717, 1.165) is 10.0 Å². The van der Waals surface area contributed by atoms with Crippen LogP contribution in [0.2, 0.25) is 0 Å². The van der Waals surface area contributed by atoms with Crippen LogP contribution in [-0.2, 0) is 6.54 Å². The highest BCUT2D eigenvalue weighted by Crippen LogP contribution is 2.42. The zero-order chi connectivity index (χ0) is 18.1. The van der Waals surface area contributed by atoms with E-state index in [9.17, 15) is 15.2 Å². The van der Waals surface area contributed by atoms with Crippen molar-refractivity contribution < 1.29 is 9.84 Å². The first kappa shape index (κ1) is 17.3. The van der Waals surface area contributed by atoms with Gasteiger partial charge in [0.2, 0.25) is 5.88 Å². The topological polar surface area (TPSA) is 101 Å². The standard InChI is InChI=1S/C18H16BrN3O3/c1-10-8-14-16(18(24)22(10)6-7-23)15(12(9-20)17(21)25-14)11-4-2-3-5-13(11)19/h2-5,8,15,23H,6-7,21H2,1H3/t15-/m1/s1. The van der Waals surface area contributed by atoms with Gasteiger partial charge < -0.3 is 20.1 Å². The van der Waals surface area contributed by atoms with Crippen molar-refractivity contribution in [3.05, 3.63) is 73.4 Å². The molecule has 2 heterocycles. The van der Waals surface area contributed by atoms with Crippen LogP contribution in [0.4, 0.5) is 0 Å². The van der Waals surface area contributed by atoms with Crippen molar-refractivity contribution in [2.45, 2.75) is 19.4 Å². The Kier molecular flexibility index (Phi) is 4.66. The first-order chi connectivity index (χ1) is 12.0. The lowest BCUT2D eigenvalue weighted by molar-refractivity contribution is 0.272. The van der Waals surface area contributed by atoms with Crippen LogP contribution in [0.5, 0.6) is 5.75 Å². The number of pyridine rings is 1. The van der Waals surface area contributed by atoms with E-state index < -0.39 is 5.92 Å². The molecule has 0 saturated heterocycles. The average Bonchev–Trinajstić information content (AvgIpc) is 2.58. The summed E-state index contributed by atoms with van der Waals surface area (Å²) in [6.07, 6.45) is 0. The Labute approximate surface area is 152 Å². The quantitative estimate of drug-likeness (QED) is 0.819. The van der Waals surface area contributed by atoms with Gasteiger partial charge in [-0.05, 0) is 18.6 Å². The molecule has 1 aromatic carbocycles. The molecule has 6 nitrogen and oxygen atoms in total. The molecular formula is C18H16BrN3O3. The lowest BCUT2D eigenvalue weighted by atomic mass is 9.84. The van der Waals surface area contributed by atoms with E-state index in [-0.39, 0.29) is 30.2 Å². The van der Waals surface area contributed by atoms with Gasteiger partial charge in [0.1, 0.15) is 17.4 Å². The third-order valence-corrected chi connectivity index (χ3v) is 4.95. The largest absolute Gasteiger partial charge is 0.440 e. The van der Waals surface area contributed by atoms with Crippen LogP contribution in [0.3, 0.4) is 0 Å². The van der Waals surface area contributed by atoms with Crippen molar-refractivity contribution >= 4 is 15.9 Å². The summed E-state index contributed by atoms with van der Waals surface area (Å²) in [7, 11) is 0. The Morgan fingerprint density at radius 3 is 2.80 bits per heavy atom. The molecule has 0 radical (unpaired) electrons. The molecule has 0 amide bonds. The number of nitriles is 1. The number of nitrogens with two attached hydrogens (primary N) is 1. The first-order valence-corrected chi connectivity index (χ1v) is 8.46. The summed E-state index contributed by atoms with van der Waals surface area (Å²) < 4.78 is 7.81. The maximum absolute atomic E-state index is 13.1. The third kappa shape index (κ3) is 2.84. The van der Waals surface area contributed by atoms with Crippen LogP contribution in [-0.4, -0.2) is 16.3 Å². The van der Waals surface area contributed by atoms with Crippen LogP contribution in [0.1, 0.15) is 22.7 Å². The molecule has 1 atom stereocenters. The van der Waals surface area contributed by atoms with Gasteiger partial charge in [-0.15, -0.1) is 0 Å². The Balaban J connectivity index is 2.35. The normalized spacial score (nSPS) is 16.2. The maximum atomic E-state index is 13.1. The minimum Gasteiger partial charge on any atom is -0.440 e. The van der Waals surface area contributed by atoms with Crippen molar-refractivity contribution in [2.24, 2.45) is 5.73 Å². The number of benzene rings is 1. The predicted octanol–water partition coefficient (Wildman–Crippen LogP) is 2.13. The highest BCUT2D eigenvalue weighted by atomic mass is 79.9. The Morgan fingerprint density at radius 1 is 1.44 bits per heavy atom. The van der Waals surface area contributed by atoms with E-state index in [2.05, 4.69) is 22.0 Å². The minimum atomic E-state index is -0.637. The number of halogens is 1. The van der Waals surface area contributed by atoms with E-state index in [1.54, 1.807) is 13.0 Å². The second-order valence-electron chi connectivity index (χ2n) is 5.69. The van der Waals surface area contributed by atoms with Gasteiger partial charge in [-0.25, -0.2) is 0 Å². The van der Waals surface area contributed by atoms with Crippen LogP contribution < -0.4 is 16.0 Å². The molecule has 0 unspecified atom stereocenters. The van der Waals surface area contributed by atoms with Crippen LogP contribution >= 0.6 is 15.9 Å². The number of ether oxygens (including phenoxy) is 1. The number of aliphatic hydroxyl groups is 1. The summed E-state index contributed by atoms with van der Waals surface area (Å²) in [5, 5.41) is 18.9. The van der Waals surface area contributed by atoms with Crippen molar-refractivity contribution in [1.29, 1.82) is 5.26 Å². The lowest BCUT2D eigenvalue weighted by Crippen LogP contribution is -2.33. The number of nitrogens with zero attached hydrogens (tertiary/aromatic N) is 2. The second kappa shape index (κ2) is 6.75. The van der Waals surface area contributed by atoms with Gasteiger partial charge in [0.05, 0.1) is 18.1 Å². The third-order valence-electron chi connectivity index (χ3n) is 4.23. The van der Waals surface area contributed by atoms with E-state index >= 15 is 0 Å². The average molecular weight is 402 g/mol. The number of rotatable bonds is 3. The van der Waals surface area contributed by atoms with E-state index in [0.29, 0.717) is 17.0 Å². The molecule has 0 spiro atoms. The number of allylic oxidation sites excluding steroid dienone is 1. The molecule has 3 rings (SSSR count). The molecule has 2 aromatic rings. The number of fused-ring (bicyclic) bond motifs is 1. The van der Waals surface area contributed by atoms with Crippen LogP contribution in [0.15, 0.2) is 51.1 Å². The fraction of sp³-hybridized carbons (Fsp3) is 0.222. The van der Waals surface area contributed by atoms with Gasteiger partial charge in [0, 0.05) is 22.8 Å². The summed E-state index contributed by atoms with van der Waals surface area (Å²) in [6, 6.07) is 11.1. The number of hydrogen-bond donors (Lipinski definition) is 2. The molecular weight excluding hydrogens is 386 g/mol. The molecule has 128 valence electrons. The van der Waals surface area contributed by atoms with Crippen molar-refractivity contribution in [3.8, 4) is 11.8 Å². The molecule has 0 saturated carbocycles. The van der Waals surface area contributed by atoms with Crippen molar-refractivity contribution in [3.63, 3.8) is 0 Å². The maximum Gasteiger partial charge on any atom is 0.258 e. The number of aromatic nitrogens is 1. The van der Waals surface area contributed by atoms with Crippen LogP contribution in [0.25, 0.3) is 0 Å². The van der Waals surface area contributed by atoms with Crippen molar-refractivity contribution in [2.75, 3.05) is 6.61 Å². The molecule has 0 fully saturated rings. The zero-order valence-electron chi connectivity index (χ0n) is 13.5. The molecule has 3 N–H and O–H groups in total. The second-order valence-corrected chi connectivity index (χ2v) is 6.54. The Bertz CT molecular complexity index is 973. The molecule has 0 bridgehead atoms. The van der Waals surface area contributed by atoms with E-state index in [1.165, 1.54) is 4.57 Å². The summed E-state index contributed by atoms with van der Waals surface area (Å²) in [6.45, 7) is 1.76. The summed E-state index contributed by atoms with van der Waals surface area (Å²) in [5.74, 6) is -0.300. The van der Waals surface area contributed by atoms with E-state index in [4.69, 9.17) is 10.5 Å². The van der Waals surface area contributed by atoms with Gasteiger partial charge >= 0.3 is 0 Å². The summed E-state index contributed by atoms with van der Waals surface area (Å²) in [5.41, 5.74) is 7.59. The van der Waals surface area contributed by atoms with Gasteiger partial charge in [0.15, 0.2) is 0 Å². The smallest absolute Gasteiger partial charge is 0.258 e. The van der Waals surface area contributed by atoms with Gasteiger partial charge in [-0.2, -0.15) is 5.26 Å². The number of hydrogen-bond acceptors (Lipinski definition) is 5. The van der Waals surface area contributed by atoms with Crippen molar-refractivity contribution in [1.82, 2.24) is 4.57 Å². The fourth-order valence-corrected chi connectivity index (χ4v) is 3.60. The van der Waals surface area contributed by atoms with Gasteiger partial charge in [-0.1, -0.05) is 34.1 Å². The Hall–Kier alpha value is -2.56. The molecule has 7 heteroatoms.